The fourth-order valence-electron chi connectivity index (χ4n) is 1.46. The lowest BCUT2D eigenvalue weighted by molar-refractivity contribution is 0.0523. The van der Waals surface area contributed by atoms with E-state index in [-0.39, 0.29) is 24.0 Å². The SMILES string of the molecule is CCOC(=O)c1cnc(N(C)C(=O)OC(C)(C)C)nc1CCl. The van der Waals surface area contributed by atoms with Crippen molar-refractivity contribution in [3.05, 3.63) is 17.5 Å². The summed E-state index contributed by atoms with van der Waals surface area (Å²) in [6.45, 7) is 7.21. The molecule has 8 heteroatoms. The van der Waals surface area contributed by atoms with Gasteiger partial charge >= 0.3 is 12.1 Å². The molecule has 122 valence electrons. The van der Waals surface area contributed by atoms with Crippen LogP contribution in [0.25, 0.3) is 0 Å². The van der Waals surface area contributed by atoms with Crippen LogP contribution in [-0.2, 0) is 15.4 Å². The van der Waals surface area contributed by atoms with Crippen LogP contribution in [0.3, 0.4) is 0 Å². The minimum absolute atomic E-state index is 0.00811. The Balaban J connectivity index is 3.02. The fourth-order valence-corrected chi connectivity index (χ4v) is 1.67. The van der Waals surface area contributed by atoms with Crippen molar-refractivity contribution in [2.75, 3.05) is 18.6 Å². The monoisotopic (exact) mass is 329 g/mol. The number of carbonyl (C=O) groups excluding carboxylic acids is 2. The number of ether oxygens (including phenoxy) is 2. The summed E-state index contributed by atoms with van der Waals surface area (Å²) >= 11 is 5.81. The minimum Gasteiger partial charge on any atom is -0.462 e. The molecule has 0 atom stereocenters. The quantitative estimate of drug-likeness (QED) is 0.624. The number of hydrogen-bond donors (Lipinski definition) is 0. The van der Waals surface area contributed by atoms with Gasteiger partial charge in [0.15, 0.2) is 0 Å². The molecule has 0 aliphatic carbocycles. The van der Waals surface area contributed by atoms with Crippen molar-refractivity contribution in [3.8, 4) is 0 Å². The number of nitrogens with zero attached hydrogens (tertiary/aromatic N) is 3. The molecule has 0 aromatic carbocycles. The fraction of sp³-hybridized carbons (Fsp3) is 0.571. The summed E-state index contributed by atoms with van der Waals surface area (Å²) in [7, 11) is 1.48. The summed E-state index contributed by atoms with van der Waals surface area (Å²) in [5.74, 6) is -0.464. The van der Waals surface area contributed by atoms with E-state index in [1.54, 1.807) is 27.7 Å². The van der Waals surface area contributed by atoms with Crippen LogP contribution in [0.1, 0.15) is 43.7 Å². The molecule has 1 amide bonds. The second kappa shape index (κ2) is 7.40. The maximum Gasteiger partial charge on any atom is 0.416 e. The molecule has 1 aromatic rings. The predicted octanol–water partition coefficient (Wildman–Crippen LogP) is 2.76. The molecule has 0 unspecified atom stereocenters. The van der Waals surface area contributed by atoms with E-state index in [0.717, 1.165) is 4.90 Å². The molecule has 0 saturated heterocycles. The van der Waals surface area contributed by atoms with E-state index in [9.17, 15) is 9.59 Å². The maximum atomic E-state index is 12.0. The third kappa shape index (κ3) is 4.84. The van der Waals surface area contributed by atoms with Crippen LogP contribution in [0.5, 0.6) is 0 Å². The second-order valence-corrected chi connectivity index (χ2v) is 5.69. The molecule has 0 N–H and O–H groups in total. The number of rotatable bonds is 4. The molecule has 0 spiro atoms. The topological polar surface area (TPSA) is 81.6 Å². The van der Waals surface area contributed by atoms with Crippen LogP contribution in [-0.4, -0.2) is 41.3 Å². The highest BCUT2D eigenvalue weighted by Gasteiger charge is 2.23. The highest BCUT2D eigenvalue weighted by Crippen LogP contribution is 2.16. The van der Waals surface area contributed by atoms with Crippen molar-refractivity contribution >= 4 is 29.6 Å². The molecule has 0 radical (unpaired) electrons. The molecule has 0 aliphatic heterocycles. The molecule has 1 heterocycles. The van der Waals surface area contributed by atoms with Crippen LogP contribution < -0.4 is 4.90 Å². The van der Waals surface area contributed by atoms with Gasteiger partial charge < -0.3 is 9.47 Å². The van der Waals surface area contributed by atoms with Crippen molar-refractivity contribution in [3.63, 3.8) is 0 Å². The number of hydrogen-bond acceptors (Lipinski definition) is 6. The van der Waals surface area contributed by atoms with Gasteiger partial charge in [-0.3, -0.25) is 0 Å². The van der Waals surface area contributed by atoms with Crippen LogP contribution in [0.15, 0.2) is 6.20 Å². The van der Waals surface area contributed by atoms with Gasteiger partial charge in [0.25, 0.3) is 0 Å². The molecule has 1 aromatic heterocycles. The molecular formula is C14H20ClN3O4. The number of carbonyl (C=O) groups is 2. The van der Waals surface area contributed by atoms with Gasteiger partial charge in [0.2, 0.25) is 5.95 Å². The van der Waals surface area contributed by atoms with Gasteiger partial charge in [-0.25, -0.2) is 24.5 Å². The number of aromatic nitrogens is 2. The smallest absolute Gasteiger partial charge is 0.416 e. The number of anilines is 1. The van der Waals surface area contributed by atoms with Crippen molar-refractivity contribution < 1.29 is 19.1 Å². The predicted molar refractivity (Wildman–Crippen MR) is 82.2 cm³/mol. The lowest BCUT2D eigenvalue weighted by Gasteiger charge is -2.23. The Morgan fingerprint density at radius 3 is 2.50 bits per heavy atom. The van der Waals surface area contributed by atoms with Gasteiger partial charge in [-0.15, -0.1) is 11.6 Å². The zero-order valence-corrected chi connectivity index (χ0v) is 14.1. The average molecular weight is 330 g/mol. The van der Waals surface area contributed by atoms with Crippen molar-refractivity contribution in [2.45, 2.75) is 39.2 Å². The molecular weight excluding hydrogens is 310 g/mol. The van der Waals surface area contributed by atoms with Gasteiger partial charge in [-0.05, 0) is 27.7 Å². The lowest BCUT2D eigenvalue weighted by atomic mass is 10.2. The Kier molecular flexibility index (Phi) is 6.11. The highest BCUT2D eigenvalue weighted by molar-refractivity contribution is 6.17. The first-order valence-electron chi connectivity index (χ1n) is 6.75. The van der Waals surface area contributed by atoms with Crippen LogP contribution in [0, 0.1) is 0 Å². The molecule has 0 fully saturated rings. The summed E-state index contributed by atoms with van der Waals surface area (Å²) in [4.78, 5) is 33.0. The minimum atomic E-state index is -0.633. The summed E-state index contributed by atoms with van der Waals surface area (Å²) in [6.07, 6.45) is 0.690. The lowest BCUT2D eigenvalue weighted by Crippen LogP contribution is -2.35. The van der Waals surface area contributed by atoms with Gasteiger partial charge in [-0.1, -0.05) is 0 Å². The zero-order valence-electron chi connectivity index (χ0n) is 13.3. The first kappa shape index (κ1) is 18.2. The van der Waals surface area contributed by atoms with Gasteiger partial charge in [0.1, 0.15) is 11.2 Å². The van der Waals surface area contributed by atoms with Crippen molar-refractivity contribution in [1.29, 1.82) is 0 Å². The highest BCUT2D eigenvalue weighted by atomic mass is 35.5. The first-order chi connectivity index (χ1) is 10.2. The van der Waals surface area contributed by atoms with E-state index in [1.165, 1.54) is 13.2 Å². The van der Waals surface area contributed by atoms with Crippen molar-refractivity contribution in [1.82, 2.24) is 9.97 Å². The normalized spacial score (nSPS) is 11.0. The third-order valence-corrected chi connectivity index (χ3v) is 2.70. The van der Waals surface area contributed by atoms with Gasteiger partial charge in [-0.2, -0.15) is 0 Å². The second-order valence-electron chi connectivity index (χ2n) is 5.42. The number of amides is 1. The van der Waals surface area contributed by atoms with Crippen molar-refractivity contribution in [2.24, 2.45) is 0 Å². The summed E-state index contributed by atoms with van der Waals surface area (Å²) in [6, 6.07) is 0. The Labute approximate surface area is 134 Å². The summed E-state index contributed by atoms with van der Waals surface area (Å²) in [5.41, 5.74) is -0.162. The van der Waals surface area contributed by atoms with Crippen LogP contribution in [0.4, 0.5) is 10.7 Å². The Bertz CT molecular complexity index is 558. The van der Waals surface area contributed by atoms with E-state index in [4.69, 9.17) is 21.1 Å². The largest absolute Gasteiger partial charge is 0.462 e. The molecule has 22 heavy (non-hydrogen) atoms. The molecule has 1 rings (SSSR count). The third-order valence-electron chi connectivity index (χ3n) is 2.44. The molecule has 0 saturated carbocycles. The van der Waals surface area contributed by atoms with Crippen LogP contribution >= 0.6 is 11.6 Å². The number of alkyl halides is 1. The van der Waals surface area contributed by atoms with Gasteiger partial charge in [0.05, 0.1) is 18.2 Å². The molecule has 7 nitrogen and oxygen atoms in total. The average Bonchev–Trinajstić information content (AvgIpc) is 2.44. The van der Waals surface area contributed by atoms with E-state index in [0.29, 0.717) is 5.69 Å². The molecule has 0 aliphatic rings. The van der Waals surface area contributed by atoms with Crippen LogP contribution in [0.2, 0.25) is 0 Å². The Morgan fingerprint density at radius 2 is 2.00 bits per heavy atom. The number of esters is 1. The summed E-state index contributed by atoms with van der Waals surface area (Å²) < 4.78 is 10.1. The van der Waals surface area contributed by atoms with E-state index >= 15 is 0 Å². The van der Waals surface area contributed by atoms with E-state index < -0.39 is 17.7 Å². The Morgan fingerprint density at radius 1 is 1.36 bits per heavy atom. The Hall–Kier alpha value is -1.89. The molecule has 0 bridgehead atoms. The van der Waals surface area contributed by atoms with E-state index in [1.807, 2.05) is 0 Å². The first-order valence-corrected chi connectivity index (χ1v) is 7.28. The van der Waals surface area contributed by atoms with Gasteiger partial charge in [0, 0.05) is 13.2 Å². The standard InChI is InChI=1S/C14H20ClN3O4/c1-6-21-11(19)9-8-16-12(17-10(9)7-15)18(5)13(20)22-14(2,3)4/h8H,6-7H2,1-5H3. The number of halogens is 1. The van der Waals surface area contributed by atoms with E-state index in [2.05, 4.69) is 9.97 Å². The summed E-state index contributed by atoms with van der Waals surface area (Å²) in [5, 5.41) is 0. The zero-order chi connectivity index (χ0) is 16.9. The maximum absolute atomic E-state index is 12.0.